The fourth-order valence-electron chi connectivity index (χ4n) is 3.90. The molecule has 1 aromatic carbocycles. The summed E-state index contributed by atoms with van der Waals surface area (Å²) in [6, 6.07) is 5.39. The van der Waals surface area contributed by atoms with E-state index in [1.54, 1.807) is 36.1 Å². The predicted molar refractivity (Wildman–Crippen MR) is 117 cm³/mol. The Balaban J connectivity index is 1.79. The van der Waals surface area contributed by atoms with E-state index in [-0.39, 0.29) is 37.3 Å². The second-order valence-electron chi connectivity index (χ2n) is 7.82. The molecule has 0 aliphatic heterocycles. The molecule has 1 atom stereocenters. The van der Waals surface area contributed by atoms with Gasteiger partial charge in [0.15, 0.2) is 0 Å². The Morgan fingerprint density at radius 2 is 2.10 bits per heavy atom. The lowest BCUT2D eigenvalue weighted by Gasteiger charge is -2.29. The Hall–Kier alpha value is -2.39. The molecule has 1 aliphatic carbocycles. The highest BCUT2D eigenvalue weighted by atomic mass is 32.2. The molecule has 2 aromatic heterocycles. The van der Waals surface area contributed by atoms with Crippen LogP contribution < -0.4 is 10.3 Å². The zero-order valence-corrected chi connectivity index (χ0v) is 18.2. The van der Waals surface area contributed by atoms with Gasteiger partial charge in [0.05, 0.1) is 24.3 Å². The number of hydrogen-bond donors (Lipinski definition) is 1. The maximum absolute atomic E-state index is 13.6. The number of rotatable bonds is 6. The van der Waals surface area contributed by atoms with E-state index >= 15 is 0 Å². The first kappa shape index (κ1) is 21.8. The number of aryl methyl sites for hydroxylation is 1. The van der Waals surface area contributed by atoms with Gasteiger partial charge in [-0.2, -0.15) is 0 Å². The van der Waals surface area contributed by atoms with Crippen molar-refractivity contribution in [3.63, 3.8) is 0 Å². The zero-order chi connectivity index (χ0) is 22.2. The van der Waals surface area contributed by atoms with Crippen LogP contribution in [-0.4, -0.2) is 36.8 Å². The minimum atomic E-state index is -2.63. The number of aliphatic hydroxyl groups excluding tert-OH is 1. The van der Waals surface area contributed by atoms with E-state index in [1.807, 2.05) is 13.0 Å². The van der Waals surface area contributed by atoms with Crippen LogP contribution in [0, 0.1) is 0 Å². The van der Waals surface area contributed by atoms with Gasteiger partial charge in [-0.25, -0.2) is 13.8 Å². The predicted octanol–water partition coefficient (Wildman–Crippen LogP) is 4.40. The van der Waals surface area contributed by atoms with Crippen molar-refractivity contribution in [2.45, 2.75) is 50.1 Å². The fraction of sp³-hybridized carbons (Fsp3) is 0.455. The van der Waals surface area contributed by atoms with Crippen LogP contribution in [0.4, 0.5) is 8.78 Å². The maximum Gasteiger partial charge on any atom is 0.276 e. The highest BCUT2D eigenvalue weighted by Gasteiger charge is 2.36. The number of alkyl halides is 2. The summed E-state index contributed by atoms with van der Waals surface area (Å²) in [7, 11) is 1.66. The van der Waals surface area contributed by atoms with Crippen molar-refractivity contribution in [2.24, 2.45) is 7.05 Å². The third-order valence-corrected chi connectivity index (χ3v) is 6.52. The molecule has 9 heteroatoms. The highest BCUT2D eigenvalue weighted by molar-refractivity contribution is 7.99. The Labute approximate surface area is 182 Å². The second-order valence-corrected chi connectivity index (χ2v) is 9.17. The fourth-order valence-corrected chi connectivity index (χ4v) is 4.55. The monoisotopic (exact) mass is 449 g/mol. The van der Waals surface area contributed by atoms with Gasteiger partial charge in [-0.05, 0) is 36.3 Å². The van der Waals surface area contributed by atoms with Crippen molar-refractivity contribution in [2.75, 3.05) is 5.75 Å². The largest absolute Gasteiger partial charge is 0.490 e. The third-order valence-electron chi connectivity index (χ3n) is 5.60. The second kappa shape index (κ2) is 8.63. The minimum Gasteiger partial charge on any atom is -0.490 e. The number of imidazole rings is 1. The molecule has 3 aromatic rings. The van der Waals surface area contributed by atoms with Crippen molar-refractivity contribution in [1.82, 2.24) is 14.0 Å². The summed E-state index contributed by atoms with van der Waals surface area (Å²) >= 11 is 1.40. The van der Waals surface area contributed by atoms with Crippen LogP contribution in [0.25, 0.3) is 16.8 Å². The van der Waals surface area contributed by atoms with Gasteiger partial charge in [0.25, 0.3) is 5.56 Å². The molecule has 0 bridgehead atoms. The number of nitrogens with zero attached hydrogens (tertiary/aromatic N) is 3. The smallest absolute Gasteiger partial charge is 0.276 e. The molecular formula is C22H25F2N3O3S. The summed E-state index contributed by atoms with van der Waals surface area (Å²) in [5.74, 6) is -1.35. The Morgan fingerprint density at radius 3 is 2.81 bits per heavy atom. The molecule has 1 unspecified atom stereocenters. The molecule has 2 heterocycles. The summed E-state index contributed by atoms with van der Waals surface area (Å²) in [5, 5.41) is 10.5. The van der Waals surface area contributed by atoms with Crippen LogP contribution >= 0.6 is 11.8 Å². The molecule has 0 radical (unpaired) electrons. The van der Waals surface area contributed by atoms with Crippen molar-refractivity contribution < 1.29 is 18.6 Å². The van der Waals surface area contributed by atoms with Crippen molar-refractivity contribution in [1.29, 1.82) is 0 Å². The summed E-state index contributed by atoms with van der Waals surface area (Å²) < 4.78 is 36.5. The van der Waals surface area contributed by atoms with E-state index in [2.05, 4.69) is 4.98 Å². The van der Waals surface area contributed by atoms with Gasteiger partial charge in [-0.15, -0.1) is 11.8 Å². The van der Waals surface area contributed by atoms with Crippen molar-refractivity contribution >= 4 is 17.3 Å². The first-order valence-electron chi connectivity index (χ1n) is 10.3. The van der Waals surface area contributed by atoms with Gasteiger partial charge in [0.2, 0.25) is 5.92 Å². The lowest BCUT2D eigenvalue weighted by atomic mass is 9.94. The Bertz CT molecular complexity index is 1130. The standard InChI is InChI=1S/C22H25F2N3O3S/c1-3-31-21(29)14-4-5-19(30-15-6-8-22(23,24)9-7-15)16(10-14)18-12-26(2)20(28)17-11-25-13-27(17)18/h4-5,10-13,15,21,29H,3,6-9H2,1-2H3. The van der Waals surface area contributed by atoms with E-state index in [9.17, 15) is 18.7 Å². The molecule has 1 N–H and O–H groups in total. The van der Waals surface area contributed by atoms with Crippen LogP contribution in [0.3, 0.4) is 0 Å². The van der Waals surface area contributed by atoms with E-state index in [0.29, 0.717) is 28.1 Å². The van der Waals surface area contributed by atoms with Gasteiger partial charge >= 0.3 is 0 Å². The molecule has 31 heavy (non-hydrogen) atoms. The lowest BCUT2D eigenvalue weighted by Crippen LogP contribution is -2.30. The van der Waals surface area contributed by atoms with E-state index < -0.39 is 11.4 Å². The molecule has 0 saturated heterocycles. The number of benzene rings is 1. The van der Waals surface area contributed by atoms with Crippen LogP contribution in [0.1, 0.15) is 43.6 Å². The molecule has 1 saturated carbocycles. The number of hydrogen-bond acceptors (Lipinski definition) is 5. The summed E-state index contributed by atoms with van der Waals surface area (Å²) in [6.07, 6.45) is 4.60. The highest BCUT2D eigenvalue weighted by Crippen LogP contribution is 2.39. The van der Waals surface area contributed by atoms with Gasteiger partial charge in [0, 0.05) is 31.6 Å². The number of halogens is 2. The third kappa shape index (κ3) is 4.48. The SMILES string of the molecule is CCSC(O)c1ccc(OC2CCC(F)(F)CC2)c(-c2cn(C)c(=O)c3cncn23)c1. The summed E-state index contributed by atoms with van der Waals surface area (Å²) in [4.78, 5) is 16.6. The van der Waals surface area contributed by atoms with Crippen LogP contribution in [-0.2, 0) is 7.05 Å². The number of thioether (sulfide) groups is 1. The zero-order valence-electron chi connectivity index (χ0n) is 17.4. The molecule has 4 rings (SSSR count). The molecule has 6 nitrogen and oxygen atoms in total. The molecule has 1 fully saturated rings. The van der Waals surface area contributed by atoms with Crippen LogP contribution in [0.2, 0.25) is 0 Å². The summed E-state index contributed by atoms with van der Waals surface area (Å²) in [6.45, 7) is 1.97. The number of aliphatic hydroxyl groups is 1. The molecule has 166 valence electrons. The number of fused-ring (bicyclic) bond motifs is 1. The van der Waals surface area contributed by atoms with Crippen molar-refractivity contribution in [3.05, 3.63) is 52.8 Å². The topological polar surface area (TPSA) is 68.8 Å². The average Bonchev–Trinajstić information content (AvgIpc) is 3.23. The van der Waals surface area contributed by atoms with E-state index in [1.165, 1.54) is 22.5 Å². The van der Waals surface area contributed by atoms with Crippen LogP contribution in [0.5, 0.6) is 5.75 Å². The summed E-state index contributed by atoms with van der Waals surface area (Å²) in [5.41, 5.74) is 1.56. The first-order valence-corrected chi connectivity index (χ1v) is 11.3. The Kier molecular flexibility index (Phi) is 6.07. The number of ether oxygens (including phenoxy) is 1. The lowest BCUT2D eigenvalue weighted by molar-refractivity contribution is -0.0581. The molecule has 1 aliphatic rings. The Morgan fingerprint density at radius 1 is 1.35 bits per heavy atom. The van der Waals surface area contributed by atoms with Gasteiger partial charge < -0.3 is 14.4 Å². The van der Waals surface area contributed by atoms with E-state index in [4.69, 9.17) is 4.74 Å². The molecule has 0 amide bonds. The van der Waals surface area contributed by atoms with Crippen LogP contribution in [0.15, 0.2) is 41.7 Å². The first-order chi connectivity index (χ1) is 14.8. The van der Waals surface area contributed by atoms with Gasteiger partial charge in [-0.1, -0.05) is 13.0 Å². The maximum atomic E-state index is 13.6. The average molecular weight is 450 g/mol. The normalized spacial score (nSPS) is 17.7. The van der Waals surface area contributed by atoms with Gasteiger partial charge in [-0.3, -0.25) is 9.20 Å². The molecular weight excluding hydrogens is 424 g/mol. The molecule has 0 spiro atoms. The van der Waals surface area contributed by atoms with Crippen molar-refractivity contribution in [3.8, 4) is 17.0 Å². The van der Waals surface area contributed by atoms with Gasteiger partial charge in [0.1, 0.15) is 16.7 Å². The van der Waals surface area contributed by atoms with E-state index in [0.717, 1.165) is 5.75 Å². The quantitative estimate of drug-likeness (QED) is 0.565. The number of aromatic nitrogens is 3. The minimum absolute atomic E-state index is 0.184.